The monoisotopic (exact) mass is 375 g/mol. The molecular formula is C18H18ClN3O4. The number of hydrogen-bond acceptors (Lipinski definition) is 5. The van der Waals surface area contributed by atoms with Crippen LogP contribution in [0.2, 0.25) is 5.02 Å². The van der Waals surface area contributed by atoms with Gasteiger partial charge in [-0.25, -0.2) is 4.79 Å². The summed E-state index contributed by atoms with van der Waals surface area (Å²) >= 11 is 6.37. The van der Waals surface area contributed by atoms with Crippen molar-refractivity contribution in [1.29, 1.82) is 0 Å². The van der Waals surface area contributed by atoms with E-state index in [1.165, 1.54) is 18.7 Å². The highest BCUT2D eigenvalue weighted by Crippen LogP contribution is 2.44. The molecule has 0 aliphatic carbocycles. The minimum atomic E-state index is -0.863. The standard InChI is InChI=1S/C18H18ClN3O4/c1-9-12(17(24)26-4)13(10-7-5-6-8-11(10)19)14-15(20-9)21(2)18(25)22(3)16(14)23/h5-8,12-13,20H,1H2,2-4H3. The molecule has 2 aromatic rings. The number of aromatic nitrogens is 2. The van der Waals surface area contributed by atoms with E-state index < -0.39 is 29.1 Å². The van der Waals surface area contributed by atoms with Crippen molar-refractivity contribution in [1.82, 2.24) is 9.13 Å². The van der Waals surface area contributed by atoms with Gasteiger partial charge in [-0.2, -0.15) is 0 Å². The molecule has 0 radical (unpaired) electrons. The number of rotatable bonds is 2. The lowest BCUT2D eigenvalue weighted by Gasteiger charge is -2.35. The molecule has 1 aromatic carbocycles. The van der Waals surface area contributed by atoms with Crippen LogP contribution in [0.3, 0.4) is 0 Å². The van der Waals surface area contributed by atoms with Crippen LogP contribution in [-0.4, -0.2) is 22.2 Å². The summed E-state index contributed by atoms with van der Waals surface area (Å²) in [7, 11) is 4.21. The zero-order chi connectivity index (χ0) is 19.2. The summed E-state index contributed by atoms with van der Waals surface area (Å²) in [6.07, 6.45) is 0. The highest BCUT2D eigenvalue weighted by molar-refractivity contribution is 6.31. The molecule has 0 spiro atoms. The van der Waals surface area contributed by atoms with Gasteiger partial charge in [0, 0.05) is 30.7 Å². The van der Waals surface area contributed by atoms with Gasteiger partial charge in [0.25, 0.3) is 5.56 Å². The van der Waals surface area contributed by atoms with E-state index in [0.717, 1.165) is 4.57 Å². The Morgan fingerprint density at radius 3 is 2.50 bits per heavy atom. The maximum atomic E-state index is 12.9. The van der Waals surface area contributed by atoms with Crippen molar-refractivity contribution in [3.63, 3.8) is 0 Å². The fourth-order valence-electron chi connectivity index (χ4n) is 3.37. The van der Waals surface area contributed by atoms with Crippen LogP contribution in [0.4, 0.5) is 5.82 Å². The number of hydrogen-bond donors (Lipinski definition) is 1. The molecule has 2 atom stereocenters. The Morgan fingerprint density at radius 2 is 1.88 bits per heavy atom. The van der Waals surface area contributed by atoms with E-state index in [0.29, 0.717) is 22.1 Å². The molecule has 0 bridgehead atoms. The van der Waals surface area contributed by atoms with Crippen LogP contribution in [0.5, 0.6) is 0 Å². The third-order valence-electron chi connectivity index (χ3n) is 4.69. The van der Waals surface area contributed by atoms with Crippen LogP contribution < -0.4 is 16.6 Å². The van der Waals surface area contributed by atoms with Crippen LogP contribution in [0.1, 0.15) is 17.0 Å². The zero-order valence-electron chi connectivity index (χ0n) is 14.6. The Hall–Kier alpha value is -2.80. The number of esters is 1. The molecule has 0 fully saturated rings. The number of ether oxygens (including phenoxy) is 1. The molecule has 1 aliphatic heterocycles. The highest BCUT2D eigenvalue weighted by Gasteiger charge is 2.43. The van der Waals surface area contributed by atoms with E-state index in [2.05, 4.69) is 11.9 Å². The maximum absolute atomic E-state index is 12.9. The predicted octanol–water partition coefficient (Wildman–Crippen LogP) is 1.60. The van der Waals surface area contributed by atoms with Gasteiger partial charge in [-0.3, -0.25) is 18.7 Å². The fourth-order valence-corrected chi connectivity index (χ4v) is 3.62. The second kappa shape index (κ2) is 6.49. The van der Waals surface area contributed by atoms with Gasteiger partial charge in [0.05, 0.1) is 12.7 Å². The molecule has 0 amide bonds. The lowest BCUT2D eigenvalue weighted by atomic mass is 9.77. The number of nitrogens with one attached hydrogen (secondary N) is 1. The lowest BCUT2D eigenvalue weighted by Crippen LogP contribution is -2.46. The summed E-state index contributed by atoms with van der Waals surface area (Å²) in [6.45, 7) is 3.91. The summed E-state index contributed by atoms with van der Waals surface area (Å²) in [5.41, 5.74) is 0.206. The molecule has 3 rings (SSSR count). The Labute approximate surface area is 154 Å². The Morgan fingerprint density at radius 1 is 1.23 bits per heavy atom. The molecule has 1 aromatic heterocycles. The molecule has 0 saturated heterocycles. The topological polar surface area (TPSA) is 82.3 Å². The average molecular weight is 376 g/mol. The first kappa shape index (κ1) is 18.0. The van der Waals surface area contributed by atoms with E-state index >= 15 is 0 Å². The largest absolute Gasteiger partial charge is 0.468 e. The summed E-state index contributed by atoms with van der Waals surface area (Å²) in [5, 5.41) is 3.34. The van der Waals surface area contributed by atoms with E-state index in [4.69, 9.17) is 16.3 Å². The molecule has 0 saturated carbocycles. The van der Waals surface area contributed by atoms with Crippen LogP contribution in [0, 0.1) is 5.92 Å². The van der Waals surface area contributed by atoms with Crippen molar-refractivity contribution in [3.05, 3.63) is 73.5 Å². The molecule has 1 aliphatic rings. The van der Waals surface area contributed by atoms with Gasteiger partial charge in [0.15, 0.2) is 0 Å². The molecule has 26 heavy (non-hydrogen) atoms. The third-order valence-corrected chi connectivity index (χ3v) is 5.04. The van der Waals surface area contributed by atoms with Gasteiger partial charge in [-0.1, -0.05) is 36.4 Å². The number of carbonyl (C=O) groups is 1. The van der Waals surface area contributed by atoms with Gasteiger partial charge < -0.3 is 10.1 Å². The first-order valence-corrected chi connectivity index (χ1v) is 8.25. The smallest absolute Gasteiger partial charge is 0.332 e. The second-order valence-electron chi connectivity index (χ2n) is 6.12. The molecule has 2 heterocycles. The quantitative estimate of drug-likeness (QED) is 0.806. The lowest BCUT2D eigenvalue weighted by molar-refractivity contribution is -0.144. The Bertz CT molecular complexity index is 1040. The highest BCUT2D eigenvalue weighted by atomic mass is 35.5. The predicted molar refractivity (Wildman–Crippen MR) is 98.5 cm³/mol. The zero-order valence-corrected chi connectivity index (χ0v) is 15.3. The van der Waals surface area contributed by atoms with E-state index in [-0.39, 0.29) is 5.56 Å². The normalized spacial score (nSPS) is 18.8. The Balaban J connectivity index is 2.43. The number of nitrogens with zero attached hydrogens (tertiary/aromatic N) is 2. The number of benzene rings is 1. The van der Waals surface area contributed by atoms with Crippen LogP contribution >= 0.6 is 11.6 Å². The van der Waals surface area contributed by atoms with Gasteiger partial charge in [0.2, 0.25) is 0 Å². The second-order valence-corrected chi connectivity index (χ2v) is 6.53. The number of anilines is 1. The molecular weight excluding hydrogens is 358 g/mol. The van der Waals surface area contributed by atoms with Crippen molar-refractivity contribution >= 4 is 23.4 Å². The number of halogens is 1. The molecule has 7 nitrogen and oxygen atoms in total. The number of methoxy groups -OCH3 is 1. The first-order chi connectivity index (χ1) is 12.3. The van der Waals surface area contributed by atoms with Crippen molar-refractivity contribution in [2.24, 2.45) is 20.0 Å². The van der Waals surface area contributed by atoms with Gasteiger partial charge in [0.1, 0.15) is 11.7 Å². The average Bonchev–Trinajstić information content (AvgIpc) is 2.63. The molecule has 2 unspecified atom stereocenters. The summed E-state index contributed by atoms with van der Waals surface area (Å²) in [5.74, 6) is -1.84. The number of fused-ring (bicyclic) bond motifs is 1. The van der Waals surface area contributed by atoms with Gasteiger partial charge in [-0.15, -0.1) is 0 Å². The summed E-state index contributed by atoms with van der Waals surface area (Å²) in [4.78, 5) is 37.7. The Kier molecular flexibility index (Phi) is 4.50. The number of carbonyl (C=O) groups excluding carboxylic acids is 1. The SMILES string of the molecule is C=C1Nc2c(c(=O)n(C)c(=O)n2C)C(c2ccccc2Cl)C1C(=O)OC. The van der Waals surface area contributed by atoms with E-state index in [9.17, 15) is 14.4 Å². The van der Waals surface area contributed by atoms with Crippen molar-refractivity contribution in [2.45, 2.75) is 5.92 Å². The fraction of sp³-hybridized carbons (Fsp3) is 0.278. The van der Waals surface area contributed by atoms with Crippen molar-refractivity contribution in [2.75, 3.05) is 12.4 Å². The molecule has 8 heteroatoms. The van der Waals surface area contributed by atoms with Crippen LogP contribution in [0.15, 0.2) is 46.1 Å². The third kappa shape index (κ3) is 2.55. The van der Waals surface area contributed by atoms with Gasteiger partial charge in [-0.05, 0) is 11.6 Å². The molecule has 136 valence electrons. The summed E-state index contributed by atoms with van der Waals surface area (Å²) < 4.78 is 7.26. The van der Waals surface area contributed by atoms with Crippen LogP contribution in [-0.2, 0) is 23.6 Å². The van der Waals surface area contributed by atoms with E-state index in [1.54, 1.807) is 31.3 Å². The minimum absolute atomic E-state index is 0.269. The van der Waals surface area contributed by atoms with Crippen molar-refractivity contribution < 1.29 is 9.53 Å². The minimum Gasteiger partial charge on any atom is -0.468 e. The first-order valence-electron chi connectivity index (χ1n) is 7.87. The summed E-state index contributed by atoms with van der Waals surface area (Å²) in [6, 6.07) is 6.96. The maximum Gasteiger partial charge on any atom is 0.332 e. The molecule has 1 N–H and O–H groups in total. The van der Waals surface area contributed by atoms with Gasteiger partial charge >= 0.3 is 11.7 Å². The van der Waals surface area contributed by atoms with Crippen molar-refractivity contribution in [3.8, 4) is 0 Å². The van der Waals surface area contributed by atoms with Crippen LogP contribution in [0.25, 0.3) is 0 Å². The van der Waals surface area contributed by atoms with E-state index in [1.807, 2.05) is 0 Å².